The number of halogens is 1. The molecule has 6 nitrogen and oxygen atoms in total. The normalized spacial score (nSPS) is 21.9. The Hall–Kier alpha value is -2.67. The Bertz CT molecular complexity index is 966. The highest BCUT2D eigenvalue weighted by molar-refractivity contribution is 5.93. The maximum absolute atomic E-state index is 14.7. The molecule has 3 aliphatic rings. The second kappa shape index (κ2) is 5.70. The molecule has 1 aromatic heterocycles. The Labute approximate surface area is 142 Å². The summed E-state index contributed by atoms with van der Waals surface area (Å²) in [7, 11) is 0. The fraction of sp³-hybridized carbons (Fsp3) is 0.333. The molecule has 1 N–H and O–H groups in total. The standard InChI is InChI=1S/C18H17FN2O4/c1-2-20-9-13(18(23)24)17(22)12-7-14(19)16(8-15(12)20)21-10-3-5-11(25-21)6-4-10/h3,5,7-11H,2,4,6H2,1H3,(H,23,24). The van der Waals surface area contributed by atoms with E-state index in [1.54, 1.807) is 15.7 Å². The number of hydrogen-bond acceptors (Lipinski definition) is 4. The highest BCUT2D eigenvalue weighted by Gasteiger charge is 2.33. The van der Waals surface area contributed by atoms with E-state index in [0.29, 0.717) is 12.1 Å². The highest BCUT2D eigenvalue weighted by Crippen LogP contribution is 2.35. The lowest BCUT2D eigenvalue weighted by atomic mass is 9.97. The van der Waals surface area contributed by atoms with E-state index in [4.69, 9.17) is 4.84 Å². The number of nitrogens with zero attached hydrogens (tertiary/aromatic N) is 2. The van der Waals surface area contributed by atoms with Crippen molar-refractivity contribution in [3.05, 3.63) is 52.1 Å². The van der Waals surface area contributed by atoms with Gasteiger partial charge in [-0.2, -0.15) is 0 Å². The van der Waals surface area contributed by atoms with Crippen LogP contribution in [0.5, 0.6) is 0 Å². The van der Waals surface area contributed by atoms with Crippen molar-refractivity contribution in [1.29, 1.82) is 0 Å². The molecule has 25 heavy (non-hydrogen) atoms. The van der Waals surface area contributed by atoms with Crippen LogP contribution in [0.3, 0.4) is 0 Å². The molecule has 0 amide bonds. The van der Waals surface area contributed by atoms with Gasteiger partial charge in [-0.1, -0.05) is 12.2 Å². The van der Waals surface area contributed by atoms with Crippen molar-refractivity contribution in [1.82, 2.24) is 4.57 Å². The molecular weight excluding hydrogens is 327 g/mol. The molecule has 0 radical (unpaired) electrons. The Morgan fingerprint density at radius 3 is 2.72 bits per heavy atom. The topological polar surface area (TPSA) is 71.8 Å². The fourth-order valence-corrected chi connectivity index (χ4v) is 3.50. The lowest BCUT2D eigenvalue weighted by Crippen LogP contribution is -2.46. The number of aryl methyl sites for hydroxylation is 1. The van der Waals surface area contributed by atoms with Crippen LogP contribution in [0.4, 0.5) is 10.1 Å². The van der Waals surface area contributed by atoms with Crippen LogP contribution in [-0.2, 0) is 11.4 Å². The zero-order chi connectivity index (χ0) is 17.7. The molecule has 2 bridgehead atoms. The van der Waals surface area contributed by atoms with Gasteiger partial charge in [-0.15, -0.1) is 0 Å². The van der Waals surface area contributed by atoms with Gasteiger partial charge in [-0.25, -0.2) is 14.2 Å². The van der Waals surface area contributed by atoms with Gasteiger partial charge in [0, 0.05) is 18.1 Å². The number of hydroxylamine groups is 1. The number of hydrogen-bond donors (Lipinski definition) is 1. The predicted molar refractivity (Wildman–Crippen MR) is 90.3 cm³/mol. The van der Waals surface area contributed by atoms with Crippen LogP contribution in [0.15, 0.2) is 35.3 Å². The monoisotopic (exact) mass is 344 g/mol. The van der Waals surface area contributed by atoms with Crippen molar-refractivity contribution in [3.63, 3.8) is 0 Å². The van der Waals surface area contributed by atoms with Gasteiger partial charge >= 0.3 is 5.97 Å². The number of carbonyl (C=O) groups is 1. The van der Waals surface area contributed by atoms with Gasteiger partial charge in [-0.3, -0.25) is 9.63 Å². The van der Waals surface area contributed by atoms with Crippen molar-refractivity contribution in [2.24, 2.45) is 0 Å². The van der Waals surface area contributed by atoms with Gasteiger partial charge in [0.25, 0.3) is 0 Å². The van der Waals surface area contributed by atoms with Gasteiger partial charge < -0.3 is 9.67 Å². The number of carboxylic acids is 1. The lowest BCUT2D eigenvalue weighted by Gasteiger charge is -2.41. The van der Waals surface area contributed by atoms with Crippen LogP contribution in [0.1, 0.15) is 30.1 Å². The van der Waals surface area contributed by atoms with Crippen LogP contribution in [0, 0.1) is 5.82 Å². The number of rotatable bonds is 3. The molecular formula is C18H17FN2O4. The van der Waals surface area contributed by atoms with E-state index in [-0.39, 0.29) is 28.8 Å². The second-order valence-electron chi connectivity index (χ2n) is 6.28. The minimum atomic E-state index is -1.32. The first kappa shape index (κ1) is 15.8. The number of pyridine rings is 1. The average molecular weight is 344 g/mol. The van der Waals surface area contributed by atoms with Crippen LogP contribution in [0.2, 0.25) is 0 Å². The van der Waals surface area contributed by atoms with E-state index in [2.05, 4.69) is 0 Å². The smallest absolute Gasteiger partial charge is 0.341 e. The second-order valence-corrected chi connectivity index (χ2v) is 6.28. The highest BCUT2D eigenvalue weighted by atomic mass is 19.1. The summed E-state index contributed by atoms with van der Waals surface area (Å²) in [6, 6.07) is 2.63. The Kier molecular flexibility index (Phi) is 3.61. The molecule has 2 aliphatic heterocycles. The predicted octanol–water partition coefficient (Wildman–Crippen LogP) is 2.70. The molecule has 0 saturated carbocycles. The molecule has 2 unspecified atom stereocenters. The molecule has 0 spiro atoms. The zero-order valence-electron chi connectivity index (χ0n) is 13.6. The summed E-state index contributed by atoms with van der Waals surface area (Å²) in [4.78, 5) is 29.5. The first-order valence-corrected chi connectivity index (χ1v) is 8.24. The van der Waals surface area contributed by atoms with E-state index in [9.17, 15) is 19.1 Å². The molecule has 2 atom stereocenters. The van der Waals surface area contributed by atoms with Gasteiger partial charge in [0.1, 0.15) is 23.2 Å². The van der Waals surface area contributed by atoms with E-state index < -0.39 is 17.2 Å². The van der Waals surface area contributed by atoms with Crippen LogP contribution in [-0.4, -0.2) is 27.8 Å². The van der Waals surface area contributed by atoms with Gasteiger partial charge in [0.05, 0.1) is 11.6 Å². The molecule has 7 heteroatoms. The van der Waals surface area contributed by atoms with Crippen molar-refractivity contribution in [2.75, 3.05) is 5.06 Å². The van der Waals surface area contributed by atoms with Crippen LogP contribution < -0.4 is 10.5 Å². The molecule has 1 aromatic carbocycles. The van der Waals surface area contributed by atoms with Gasteiger partial charge in [-0.05, 0) is 31.9 Å². The summed E-state index contributed by atoms with van der Waals surface area (Å²) in [5.74, 6) is -1.92. The van der Waals surface area contributed by atoms with Crippen molar-refractivity contribution >= 4 is 22.6 Å². The number of fused-ring (bicyclic) bond motifs is 3. The summed E-state index contributed by atoms with van der Waals surface area (Å²) >= 11 is 0. The average Bonchev–Trinajstić information content (AvgIpc) is 2.62. The number of anilines is 1. The van der Waals surface area contributed by atoms with E-state index in [1.807, 2.05) is 19.1 Å². The summed E-state index contributed by atoms with van der Waals surface area (Å²) in [5, 5.41) is 10.8. The molecule has 3 heterocycles. The Morgan fingerprint density at radius 1 is 1.36 bits per heavy atom. The van der Waals surface area contributed by atoms with E-state index >= 15 is 0 Å². The SMILES string of the molecule is CCn1cc(C(=O)O)c(=O)c2cc(F)c(N3OC4C=CC3CC4)cc21. The summed E-state index contributed by atoms with van der Waals surface area (Å²) in [5.41, 5.74) is -0.296. The van der Waals surface area contributed by atoms with E-state index in [0.717, 1.165) is 18.9 Å². The summed E-state index contributed by atoms with van der Waals surface area (Å²) in [6.07, 6.45) is 6.98. The minimum Gasteiger partial charge on any atom is -0.477 e. The molecule has 5 rings (SSSR count). The van der Waals surface area contributed by atoms with Gasteiger partial charge in [0.2, 0.25) is 5.43 Å². The quantitative estimate of drug-likeness (QED) is 0.867. The number of aromatic nitrogens is 1. The van der Waals surface area contributed by atoms with Crippen LogP contribution in [0.25, 0.3) is 10.9 Å². The third kappa shape index (κ3) is 2.42. The van der Waals surface area contributed by atoms with Crippen molar-refractivity contribution < 1.29 is 19.1 Å². The zero-order valence-corrected chi connectivity index (χ0v) is 13.6. The maximum atomic E-state index is 14.7. The van der Waals surface area contributed by atoms with E-state index in [1.165, 1.54) is 6.20 Å². The van der Waals surface area contributed by atoms with Crippen molar-refractivity contribution in [2.45, 2.75) is 38.5 Å². The largest absolute Gasteiger partial charge is 0.477 e. The molecule has 1 fully saturated rings. The fourth-order valence-electron chi connectivity index (χ4n) is 3.50. The summed E-state index contributed by atoms with van der Waals surface area (Å²) < 4.78 is 16.4. The third-order valence-corrected chi connectivity index (χ3v) is 4.80. The molecule has 130 valence electrons. The third-order valence-electron chi connectivity index (χ3n) is 4.80. The molecule has 1 saturated heterocycles. The number of carboxylic acid groups (broad SMARTS) is 1. The lowest BCUT2D eigenvalue weighted by molar-refractivity contribution is 0.00248. The van der Waals surface area contributed by atoms with Gasteiger partial charge in [0.15, 0.2) is 0 Å². The Morgan fingerprint density at radius 2 is 2.16 bits per heavy atom. The maximum Gasteiger partial charge on any atom is 0.341 e. The number of benzene rings is 1. The number of aromatic carboxylic acids is 1. The Balaban J connectivity index is 1.93. The minimum absolute atomic E-state index is 0.0444. The summed E-state index contributed by atoms with van der Waals surface area (Å²) in [6.45, 7) is 2.29. The first-order chi connectivity index (χ1) is 12.0. The molecule has 2 aromatic rings. The molecule has 1 aliphatic carbocycles. The van der Waals surface area contributed by atoms with Crippen molar-refractivity contribution in [3.8, 4) is 0 Å². The van der Waals surface area contributed by atoms with Crippen LogP contribution >= 0.6 is 0 Å². The first-order valence-electron chi connectivity index (χ1n) is 8.24.